The molecule has 0 aliphatic carbocycles. The molecule has 4 heteroatoms. The highest BCUT2D eigenvalue weighted by Crippen LogP contribution is 2.18. The Hall–Kier alpha value is -2.62. The molecule has 0 N–H and O–H groups in total. The molecule has 0 radical (unpaired) electrons. The Balaban J connectivity index is 1.92. The number of ether oxygens (including phenoxy) is 1. The first-order valence-corrected chi connectivity index (χ1v) is 5.97. The van der Waals surface area contributed by atoms with Gasteiger partial charge in [0, 0.05) is 24.2 Å². The molecule has 3 aromatic rings. The summed E-state index contributed by atoms with van der Waals surface area (Å²) in [5.74, 6) is 0.836. The van der Waals surface area contributed by atoms with Crippen molar-refractivity contribution in [2.24, 2.45) is 0 Å². The molecule has 2 heterocycles. The van der Waals surface area contributed by atoms with Gasteiger partial charge in [-0.15, -0.1) is 0 Å². The number of pyridine rings is 1. The van der Waals surface area contributed by atoms with Crippen LogP contribution in [0.25, 0.3) is 16.9 Å². The summed E-state index contributed by atoms with van der Waals surface area (Å²) in [5.41, 5.74) is 2.91. The Morgan fingerprint density at radius 1 is 1.05 bits per heavy atom. The highest BCUT2D eigenvalue weighted by atomic mass is 16.5. The summed E-state index contributed by atoms with van der Waals surface area (Å²) in [6, 6.07) is 13.6. The van der Waals surface area contributed by atoms with Crippen molar-refractivity contribution in [2.45, 2.75) is 0 Å². The molecule has 0 unspecified atom stereocenters. The number of methoxy groups -OCH3 is 1. The quantitative estimate of drug-likeness (QED) is 0.718. The third-order valence-corrected chi connectivity index (χ3v) is 2.88. The minimum Gasteiger partial charge on any atom is -0.497 e. The molecule has 94 valence electrons. The van der Waals surface area contributed by atoms with E-state index < -0.39 is 0 Å². The van der Waals surface area contributed by atoms with Crippen LogP contribution in [0, 0.1) is 0 Å². The van der Waals surface area contributed by atoms with E-state index in [9.17, 15) is 0 Å². The molecular weight excluding hydrogens is 238 g/mol. The zero-order chi connectivity index (χ0) is 13.1. The van der Waals surface area contributed by atoms with Gasteiger partial charge in [0.05, 0.1) is 18.5 Å². The van der Waals surface area contributed by atoms with Crippen LogP contribution < -0.4 is 4.74 Å². The van der Waals surface area contributed by atoms with E-state index in [0.717, 1.165) is 22.7 Å². The van der Waals surface area contributed by atoms with E-state index in [0.29, 0.717) is 0 Å². The highest BCUT2D eigenvalue weighted by Gasteiger charge is 2.03. The minimum atomic E-state index is 0.836. The van der Waals surface area contributed by atoms with Crippen LogP contribution in [0.2, 0.25) is 0 Å². The Bertz CT molecular complexity index is 659. The Labute approximate surface area is 111 Å². The zero-order valence-corrected chi connectivity index (χ0v) is 10.5. The summed E-state index contributed by atoms with van der Waals surface area (Å²) in [4.78, 5) is 4.10. The maximum absolute atomic E-state index is 5.14. The molecule has 0 spiro atoms. The molecule has 2 aromatic heterocycles. The van der Waals surface area contributed by atoms with Gasteiger partial charge in [-0.2, -0.15) is 5.10 Å². The largest absolute Gasteiger partial charge is 0.497 e. The maximum Gasteiger partial charge on any atom is 0.119 e. The van der Waals surface area contributed by atoms with Crippen molar-refractivity contribution >= 4 is 0 Å². The predicted molar refractivity (Wildman–Crippen MR) is 73.3 cm³/mol. The second kappa shape index (κ2) is 4.94. The molecular formula is C15H13N3O. The van der Waals surface area contributed by atoms with Crippen LogP contribution in [-0.2, 0) is 0 Å². The second-order valence-electron chi connectivity index (χ2n) is 4.09. The van der Waals surface area contributed by atoms with Crippen LogP contribution in [0.15, 0.2) is 61.1 Å². The third-order valence-electron chi connectivity index (χ3n) is 2.88. The molecule has 0 fully saturated rings. The molecule has 0 saturated heterocycles. The average Bonchev–Trinajstić information content (AvgIpc) is 2.98. The highest BCUT2D eigenvalue weighted by molar-refractivity contribution is 5.57. The van der Waals surface area contributed by atoms with Crippen molar-refractivity contribution in [1.82, 2.24) is 14.8 Å². The van der Waals surface area contributed by atoms with E-state index in [1.54, 1.807) is 19.5 Å². The number of benzene rings is 1. The lowest BCUT2D eigenvalue weighted by molar-refractivity contribution is 0.414. The lowest BCUT2D eigenvalue weighted by Gasteiger charge is -2.03. The van der Waals surface area contributed by atoms with Crippen molar-refractivity contribution in [1.29, 1.82) is 0 Å². The minimum absolute atomic E-state index is 0.836. The zero-order valence-electron chi connectivity index (χ0n) is 10.5. The first-order chi connectivity index (χ1) is 9.36. The Morgan fingerprint density at radius 2 is 1.89 bits per heavy atom. The molecule has 0 atom stereocenters. The number of aromatic nitrogens is 3. The Morgan fingerprint density at radius 3 is 2.58 bits per heavy atom. The molecule has 3 rings (SSSR count). The van der Waals surface area contributed by atoms with Crippen LogP contribution in [0.3, 0.4) is 0 Å². The summed E-state index contributed by atoms with van der Waals surface area (Å²) >= 11 is 0. The number of hydrogen-bond donors (Lipinski definition) is 0. The molecule has 19 heavy (non-hydrogen) atoms. The van der Waals surface area contributed by atoms with Crippen LogP contribution in [-0.4, -0.2) is 21.9 Å². The van der Waals surface area contributed by atoms with E-state index in [1.165, 1.54) is 0 Å². The molecule has 0 saturated carbocycles. The molecule has 4 nitrogen and oxygen atoms in total. The summed E-state index contributed by atoms with van der Waals surface area (Å²) in [5, 5.41) is 4.54. The van der Waals surface area contributed by atoms with Gasteiger partial charge in [0.2, 0.25) is 0 Å². The SMILES string of the molecule is COc1ccc(-n2ccc(-c3cccnc3)n2)cc1. The van der Waals surface area contributed by atoms with Gasteiger partial charge in [-0.25, -0.2) is 4.68 Å². The van der Waals surface area contributed by atoms with Crippen molar-refractivity contribution in [3.8, 4) is 22.7 Å². The molecule has 0 amide bonds. The normalized spacial score (nSPS) is 10.4. The summed E-state index contributed by atoms with van der Waals surface area (Å²) in [6.07, 6.45) is 5.49. The lowest BCUT2D eigenvalue weighted by atomic mass is 10.2. The fourth-order valence-corrected chi connectivity index (χ4v) is 1.87. The second-order valence-corrected chi connectivity index (χ2v) is 4.09. The van der Waals surface area contributed by atoms with Crippen molar-refractivity contribution in [2.75, 3.05) is 7.11 Å². The maximum atomic E-state index is 5.14. The lowest BCUT2D eigenvalue weighted by Crippen LogP contribution is -1.95. The molecule has 0 aliphatic heterocycles. The van der Waals surface area contributed by atoms with Crippen LogP contribution >= 0.6 is 0 Å². The molecule has 0 aliphatic rings. The van der Waals surface area contributed by atoms with Crippen LogP contribution in [0.5, 0.6) is 5.75 Å². The Kier molecular flexibility index (Phi) is 2.98. The summed E-state index contributed by atoms with van der Waals surface area (Å²) in [7, 11) is 1.66. The van der Waals surface area contributed by atoms with Crippen LogP contribution in [0.1, 0.15) is 0 Å². The fourth-order valence-electron chi connectivity index (χ4n) is 1.87. The van der Waals surface area contributed by atoms with E-state index in [1.807, 2.05) is 53.3 Å². The number of rotatable bonds is 3. The van der Waals surface area contributed by atoms with Crippen molar-refractivity contribution in [3.05, 3.63) is 61.1 Å². The van der Waals surface area contributed by atoms with Gasteiger partial charge < -0.3 is 4.74 Å². The van der Waals surface area contributed by atoms with Gasteiger partial charge in [-0.05, 0) is 42.5 Å². The van der Waals surface area contributed by atoms with E-state index >= 15 is 0 Å². The predicted octanol–water partition coefficient (Wildman–Crippen LogP) is 2.94. The molecule has 1 aromatic carbocycles. The van der Waals surface area contributed by atoms with Gasteiger partial charge in [0.15, 0.2) is 0 Å². The van der Waals surface area contributed by atoms with E-state index in [4.69, 9.17) is 4.74 Å². The van der Waals surface area contributed by atoms with Crippen molar-refractivity contribution in [3.63, 3.8) is 0 Å². The molecule has 0 bridgehead atoms. The monoisotopic (exact) mass is 251 g/mol. The first kappa shape index (κ1) is 11.5. The number of nitrogens with zero attached hydrogens (tertiary/aromatic N) is 3. The number of hydrogen-bond acceptors (Lipinski definition) is 3. The fraction of sp³-hybridized carbons (Fsp3) is 0.0667. The summed E-state index contributed by atoms with van der Waals surface area (Å²) in [6.45, 7) is 0. The van der Waals surface area contributed by atoms with Crippen molar-refractivity contribution < 1.29 is 4.74 Å². The van der Waals surface area contributed by atoms with E-state index in [-0.39, 0.29) is 0 Å². The van der Waals surface area contributed by atoms with Crippen LogP contribution in [0.4, 0.5) is 0 Å². The third kappa shape index (κ3) is 2.33. The van der Waals surface area contributed by atoms with Gasteiger partial charge in [0.25, 0.3) is 0 Å². The summed E-state index contributed by atoms with van der Waals surface area (Å²) < 4.78 is 6.98. The van der Waals surface area contributed by atoms with Gasteiger partial charge in [0.1, 0.15) is 5.75 Å². The topological polar surface area (TPSA) is 39.9 Å². The smallest absolute Gasteiger partial charge is 0.119 e. The van der Waals surface area contributed by atoms with Gasteiger partial charge in [-0.1, -0.05) is 0 Å². The standard InChI is InChI=1S/C15H13N3O/c1-19-14-6-4-13(5-7-14)18-10-8-15(17-18)12-3-2-9-16-11-12/h2-11H,1H3. The average molecular weight is 251 g/mol. The van der Waals surface area contributed by atoms with E-state index in [2.05, 4.69) is 10.1 Å². The van der Waals surface area contributed by atoms with Gasteiger partial charge >= 0.3 is 0 Å². The first-order valence-electron chi connectivity index (χ1n) is 5.97. The van der Waals surface area contributed by atoms with Gasteiger partial charge in [-0.3, -0.25) is 4.98 Å².